The fourth-order valence-electron chi connectivity index (χ4n) is 7.04. The molecule has 3 heterocycles. The van der Waals surface area contributed by atoms with Crippen molar-refractivity contribution in [2.45, 2.75) is 70.1 Å². The minimum Gasteiger partial charge on any atom is -0.396 e. The number of hydrogen-bond donors (Lipinski definition) is 1. The summed E-state index contributed by atoms with van der Waals surface area (Å²) in [7, 11) is 1.72. The van der Waals surface area contributed by atoms with Crippen LogP contribution >= 0.6 is 0 Å². The number of aryl methyl sites for hydroxylation is 2. The lowest BCUT2D eigenvalue weighted by Crippen LogP contribution is -2.57. The van der Waals surface area contributed by atoms with Gasteiger partial charge >= 0.3 is 0 Å². The van der Waals surface area contributed by atoms with Crippen molar-refractivity contribution in [3.05, 3.63) is 54.6 Å². The molecule has 39 heavy (non-hydrogen) atoms. The van der Waals surface area contributed by atoms with E-state index in [-0.39, 0.29) is 30.4 Å². The Hall–Kier alpha value is -2.97. The molecular weight excluding hydrogens is 494 g/mol. The zero-order chi connectivity index (χ0) is 28.3. The summed E-state index contributed by atoms with van der Waals surface area (Å²) in [6.07, 6.45) is 7.30. The lowest BCUT2D eigenvalue weighted by Gasteiger charge is -2.37. The van der Waals surface area contributed by atoms with Gasteiger partial charge in [-0.15, -0.1) is 13.2 Å². The van der Waals surface area contributed by atoms with E-state index >= 15 is 0 Å². The number of aliphatic hydroxyl groups excluding tert-OH is 1. The Labute approximate surface area is 232 Å². The number of hydrogen-bond acceptors (Lipinski definition) is 5. The summed E-state index contributed by atoms with van der Waals surface area (Å²) in [5, 5.41) is 9.16. The lowest BCUT2D eigenvalue weighted by molar-refractivity contribution is -0.144. The first-order valence-electron chi connectivity index (χ1n) is 14.2. The van der Waals surface area contributed by atoms with Crippen LogP contribution in [0.1, 0.15) is 49.7 Å². The molecule has 1 aromatic carbocycles. The largest absolute Gasteiger partial charge is 0.396 e. The number of fused-ring (bicyclic) bond motifs is 1. The molecule has 212 valence electrons. The minimum absolute atomic E-state index is 0.131. The molecule has 0 radical (unpaired) electrons. The fraction of sp³-hybridized carbons (Fsp3) is 0.581. The van der Waals surface area contributed by atoms with Crippen LogP contribution in [0.5, 0.6) is 0 Å². The number of unbranched alkanes of at least 4 members (excludes halogenated alkanes) is 3. The van der Waals surface area contributed by atoms with Crippen LogP contribution in [-0.4, -0.2) is 83.7 Å². The van der Waals surface area contributed by atoms with Crippen molar-refractivity contribution in [2.75, 3.05) is 38.2 Å². The number of carbonyl (C=O) groups excluding carboxylic acids is 3. The molecule has 4 rings (SSSR count). The molecule has 0 aliphatic carbocycles. The quantitative estimate of drug-likeness (QED) is 0.308. The van der Waals surface area contributed by atoms with E-state index in [1.165, 1.54) is 0 Å². The maximum atomic E-state index is 14.6. The number of benzene rings is 1. The van der Waals surface area contributed by atoms with Crippen molar-refractivity contribution in [1.82, 2.24) is 9.80 Å². The molecule has 3 amide bonds. The van der Waals surface area contributed by atoms with Crippen LogP contribution in [-0.2, 0) is 19.1 Å². The molecule has 3 fully saturated rings. The molecule has 2 unspecified atom stereocenters. The molecule has 0 aromatic heterocycles. The number of ether oxygens (including phenoxy) is 1. The van der Waals surface area contributed by atoms with Gasteiger partial charge in [-0.1, -0.05) is 43.2 Å². The van der Waals surface area contributed by atoms with Crippen LogP contribution in [0.3, 0.4) is 0 Å². The molecule has 3 saturated heterocycles. The van der Waals surface area contributed by atoms with E-state index in [1.807, 2.05) is 32.0 Å². The van der Waals surface area contributed by atoms with Gasteiger partial charge < -0.3 is 24.5 Å². The highest BCUT2D eigenvalue weighted by Gasteiger charge is 2.74. The van der Waals surface area contributed by atoms with Crippen molar-refractivity contribution >= 4 is 23.4 Å². The predicted octanol–water partition coefficient (Wildman–Crippen LogP) is 3.39. The number of para-hydroxylation sites is 1. The summed E-state index contributed by atoms with van der Waals surface area (Å²) in [4.78, 5) is 47.4. The molecule has 8 heteroatoms. The first kappa shape index (κ1) is 29.0. The van der Waals surface area contributed by atoms with Gasteiger partial charge in [0.25, 0.3) is 5.91 Å². The second kappa shape index (κ2) is 12.0. The van der Waals surface area contributed by atoms with Crippen LogP contribution in [0.25, 0.3) is 0 Å². The van der Waals surface area contributed by atoms with Gasteiger partial charge in [-0.2, -0.15) is 0 Å². The Morgan fingerprint density at radius 3 is 2.41 bits per heavy atom. The van der Waals surface area contributed by atoms with Gasteiger partial charge in [-0.25, -0.2) is 0 Å². The normalized spacial score (nSPS) is 27.0. The average Bonchev–Trinajstić information content (AvgIpc) is 3.55. The van der Waals surface area contributed by atoms with E-state index < -0.39 is 23.5 Å². The van der Waals surface area contributed by atoms with Crippen LogP contribution in [0.15, 0.2) is 43.5 Å². The highest BCUT2D eigenvalue weighted by molar-refractivity contribution is 6.05. The third kappa shape index (κ3) is 5.05. The number of likely N-dealkylation sites (N-methyl/N-ethyl adjacent to an activating group) is 1. The minimum atomic E-state index is -1.03. The monoisotopic (exact) mass is 537 g/mol. The fourth-order valence-corrected chi connectivity index (χ4v) is 7.04. The molecule has 1 N–H and O–H groups in total. The molecule has 3 aliphatic rings. The molecule has 8 nitrogen and oxygen atoms in total. The van der Waals surface area contributed by atoms with Crippen LogP contribution in [0.4, 0.5) is 5.69 Å². The standard InChI is InChI=1S/C31H43N3O5/c1-6-17-32(5)28(36)24-23-15-16-31(39-23)25(24)29(37)34(19-10-8-9-11-20-35)27(31)30(38)33(18-7-2)26-21(3)13-12-14-22(26)4/h6-7,12-14,23-25,27,35H,1-2,8-11,15-20H2,3-5H3/t23-,24+,25-,27?,31?/m0/s1. The zero-order valence-corrected chi connectivity index (χ0v) is 23.6. The van der Waals surface area contributed by atoms with Gasteiger partial charge in [-0.3, -0.25) is 14.4 Å². The maximum Gasteiger partial charge on any atom is 0.253 e. The Bertz CT molecular complexity index is 1100. The molecule has 1 aromatic rings. The lowest BCUT2D eigenvalue weighted by atomic mass is 9.70. The number of aliphatic hydroxyl groups is 1. The van der Waals surface area contributed by atoms with Gasteiger partial charge in [0.2, 0.25) is 11.8 Å². The number of nitrogens with zero attached hydrogens (tertiary/aromatic N) is 3. The van der Waals surface area contributed by atoms with E-state index in [0.717, 1.165) is 29.7 Å². The topological polar surface area (TPSA) is 90.4 Å². The van der Waals surface area contributed by atoms with Gasteiger partial charge in [-0.05, 0) is 50.7 Å². The molecule has 1 spiro atoms. The predicted molar refractivity (Wildman–Crippen MR) is 151 cm³/mol. The van der Waals surface area contributed by atoms with Gasteiger partial charge in [0.1, 0.15) is 11.6 Å². The summed E-state index contributed by atoms with van der Waals surface area (Å²) in [5.74, 6) is -1.78. The van der Waals surface area contributed by atoms with Gasteiger partial charge in [0.05, 0.1) is 17.9 Å². The van der Waals surface area contributed by atoms with Crippen molar-refractivity contribution in [2.24, 2.45) is 11.8 Å². The number of rotatable bonds is 13. The zero-order valence-electron chi connectivity index (χ0n) is 23.6. The van der Waals surface area contributed by atoms with Crippen molar-refractivity contribution < 1.29 is 24.2 Å². The number of anilines is 1. The van der Waals surface area contributed by atoms with Crippen LogP contribution < -0.4 is 4.90 Å². The summed E-state index contributed by atoms with van der Waals surface area (Å²) in [6, 6.07) is 5.11. The number of carbonyl (C=O) groups is 3. The van der Waals surface area contributed by atoms with Crippen molar-refractivity contribution in [3.8, 4) is 0 Å². The molecule has 0 saturated carbocycles. The van der Waals surface area contributed by atoms with Crippen molar-refractivity contribution in [3.63, 3.8) is 0 Å². The first-order valence-corrected chi connectivity index (χ1v) is 14.2. The van der Waals surface area contributed by atoms with Crippen molar-refractivity contribution in [1.29, 1.82) is 0 Å². The van der Waals surface area contributed by atoms with E-state index in [9.17, 15) is 14.4 Å². The number of likely N-dealkylation sites (tertiary alicyclic amines) is 1. The third-order valence-electron chi connectivity index (χ3n) is 8.69. The van der Waals surface area contributed by atoms with Crippen LogP contribution in [0, 0.1) is 25.7 Å². The van der Waals surface area contributed by atoms with Gasteiger partial charge in [0, 0.05) is 39.0 Å². The Balaban J connectivity index is 1.74. The van der Waals surface area contributed by atoms with E-state index in [4.69, 9.17) is 9.84 Å². The molecule has 2 bridgehead atoms. The highest BCUT2D eigenvalue weighted by Crippen LogP contribution is 2.59. The number of amides is 3. The van der Waals surface area contributed by atoms with E-state index in [0.29, 0.717) is 45.3 Å². The average molecular weight is 538 g/mol. The summed E-state index contributed by atoms with van der Waals surface area (Å²) >= 11 is 0. The van der Waals surface area contributed by atoms with E-state index in [1.54, 1.807) is 33.9 Å². The summed E-state index contributed by atoms with van der Waals surface area (Å²) in [6.45, 7) is 12.8. The Morgan fingerprint density at radius 1 is 1.10 bits per heavy atom. The Morgan fingerprint density at radius 2 is 1.77 bits per heavy atom. The SMILES string of the molecule is C=CCN(C)C(=O)[C@@H]1[C@@H]2CCC3(O2)C(C(=O)N(CC=C)c2c(C)cccc2C)N(CCCCCCO)C(=O)[C@H]13. The Kier molecular flexibility index (Phi) is 8.96. The summed E-state index contributed by atoms with van der Waals surface area (Å²) < 4.78 is 6.61. The van der Waals surface area contributed by atoms with E-state index in [2.05, 4.69) is 13.2 Å². The highest BCUT2D eigenvalue weighted by atomic mass is 16.5. The molecule has 5 atom stereocenters. The molecular formula is C31H43N3O5. The maximum absolute atomic E-state index is 14.6. The first-order chi connectivity index (χ1) is 18.7. The second-order valence-electron chi connectivity index (χ2n) is 11.2. The van der Waals surface area contributed by atoms with Gasteiger partial charge in [0.15, 0.2) is 0 Å². The van der Waals surface area contributed by atoms with Crippen LogP contribution in [0.2, 0.25) is 0 Å². The third-order valence-corrected chi connectivity index (χ3v) is 8.69. The smallest absolute Gasteiger partial charge is 0.253 e. The second-order valence-corrected chi connectivity index (χ2v) is 11.2. The summed E-state index contributed by atoms with van der Waals surface area (Å²) in [5.41, 5.74) is 1.73. The molecule has 3 aliphatic heterocycles.